The number of ether oxygens (including phenoxy) is 1. The third-order valence-corrected chi connectivity index (χ3v) is 5.60. The second kappa shape index (κ2) is 10.2. The number of hydrogen-bond acceptors (Lipinski definition) is 3. The second-order valence-electron chi connectivity index (χ2n) is 7.33. The van der Waals surface area contributed by atoms with Crippen LogP contribution in [-0.2, 0) is 4.74 Å². The van der Waals surface area contributed by atoms with Gasteiger partial charge in [0, 0.05) is 56.6 Å². The predicted molar refractivity (Wildman–Crippen MR) is 112 cm³/mol. The van der Waals surface area contributed by atoms with Crippen molar-refractivity contribution in [2.75, 3.05) is 51.3 Å². The molecule has 1 saturated heterocycles. The molecule has 0 radical (unpaired) electrons. The first kappa shape index (κ1) is 19.5. The highest BCUT2D eigenvalue weighted by Gasteiger charge is 2.23. The molecule has 26 heavy (non-hydrogen) atoms. The minimum absolute atomic E-state index is 0.652. The average molecular weight is 423 g/mol. The number of nitrogens with one attached hydrogen (secondary N) is 2. The third kappa shape index (κ3) is 6.47. The average Bonchev–Trinajstić information content (AvgIpc) is 3.36. The molecule has 144 valence electrons. The summed E-state index contributed by atoms with van der Waals surface area (Å²) < 4.78 is 6.80. The minimum atomic E-state index is 0.652. The molecular weight excluding hydrogens is 392 g/mol. The highest BCUT2D eigenvalue weighted by Crippen LogP contribution is 2.28. The molecule has 6 heteroatoms. The van der Waals surface area contributed by atoms with Gasteiger partial charge in [-0.2, -0.15) is 0 Å². The lowest BCUT2D eigenvalue weighted by atomic mass is 10.1. The van der Waals surface area contributed by atoms with E-state index in [0.29, 0.717) is 5.92 Å². The molecule has 0 aromatic heterocycles. The summed E-state index contributed by atoms with van der Waals surface area (Å²) in [6.07, 6.45) is 4.95. The van der Waals surface area contributed by atoms with Crippen LogP contribution in [0.4, 0.5) is 5.69 Å². The smallest absolute Gasteiger partial charge is 0.190 e. The lowest BCUT2D eigenvalue weighted by Crippen LogP contribution is -2.40. The molecule has 1 aliphatic carbocycles. The molecule has 0 amide bonds. The Morgan fingerprint density at radius 3 is 2.73 bits per heavy atom. The van der Waals surface area contributed by atoms with E-state index in [1.54, 1.807) is 0 Å². The van der Waals surface area contributed by atoms with Crippen molar-refractivity contribution in [3.8, 4) is 0 Å². The molecule has 3 rings (SSSR count). The summed E-state index contributed by atoms with van der Waals surface area (Å²) >= 11 is 3.50. The van der Waals surface area contributed by atoms with Gasteiger partial charge in [-0.15, -0.1) is 0 Å². The van der Waals surface area contributed by atoms with E-state index in [1.165, 1.54) is 24.9 Å². The van der Waals surface area contributed by atoms with E-state index >= 15 is 0 Å². The van der Waals surface area contributed by atoms with Crippen molar-refractivity contribution in [1.82, 2.24) is 10.6 Å². The van der Waals surface area contributed by atoms with Gasteiger partial charge in [0.05, 0.1) is 0 Å². The Bertz CT molecular complexity index is 574. The molecule has 1 aliphatic heterocycles. The molecule has 5 nitrogen and oxygen atoms in total. The number of benzene rings is 1. The molecule has 1 heterocycles. The maximum Gasteiger partial charge on any atom is 0.190 e. The summed E-state index contributed by atoms with van der Waals surface area (Å²) in [4.78, 5) is 6.79. The van der Waals surface area contributed by atoms with Crippen LogP contribution in [0.2, 0.25) is 0 Å². The fourth-order valence-electron chi connectivity index (χ4n) is 3.26. The van der Waals surface area contributed by atoms with Crippen LogP contribution in [0.15, 0.2) is 33.7 Å². The van der Waals surface area contributed by atoms with Crippen molar-refractivity contribution in [3.63, 3.8) is 0 Å². The number of aliphatic imine (C=N–C) groups is 1. The van der Waals surface area contributed by atoms with Crippen LogP contribution in [0.25, 0.3) is 0 Å². The van der Waals surface area contributed by atoms with Crippen molar-refractivity contribution in [1.29, 1.82) is 0 Å². The zero-order valence-corrected chi connectivity index (χ0v) is 17.3. The number of anilines is 1. The van der Waals surface area contributed by atoms with Gasteiger partial charge in [0.2, 0.25) is 0 Å². The summed E-state index contributed by atoms with van der Waals surface area (Å²) in [6, 6.07) is 8.60. The number of guanidine groups is 1. The monoisotopic (exact) mass is 422 g/mol. The lowest BCUT2D eigenvalue weighted by molar-refractivity contribution is 0.123. The lowest BCUT2D eigenvalue weighted by Gasteiger charge is -2.19. The molecule has 1 saturated carbocycles. The molecule has 0 spiro atoms. The predicted octanol–water partition coefficient (Wildman–Crippen LogP) is 3.26. The molecule has 2 aliphatic rings. The van der Waals surface area contributed by atoms with Gasteiger partial charge in [-0.05, 0) is 61.8 Å². The van der Waals surface area contributed by atoms with Gasteiger partial charge < -0.3 is 20.3 Å². The highest BCUT2D eigenvalue weighted by molar-refractivity contribution is 9.10. The third-order valence-electron chi connectivity index (χ3n) is 5.07. The Balaban J connectivity index is 1.29. The summed E-state index contributed by atoms with van der Waals surface area (Å²) in [5.74, 6) is 2.40. The second-order valence-corrected chi connectivity index (χ2v) is 8.24. The molecule has 1 aromatic carbocycles. The zero-order chi connectivity index (χ0) is 18.2. The van der Waals surface area contributed by atoms with Gasteiger partial charge in [-0.3, -0.25) is 4.99 Å². The van der Waals surface area contributed by atoms with Gasteiger partial charge in [-0.1, -0.05) is 15.9 Å². The number of hydrogen-bond donors (Lipinski definition) is 2. The fraction of sp³-hybridized carbons (Fsp3) is 0.650. The quantitative estimate of drug-likeness (QED) is 0.364. The van der Waals surface area contributed by atoms with E-state index < -0.39 is 0 Å². The summed E-state index contributed by atoms with van der Waals surface area (Å²) in [6.45, 7) is 5.87. The summed E-state index contributed by atoms with van der Waals surface area (Å²) in [5.41, 5.74) is 1.31. The highest BCUT2D eigenvalue weighted by atomic mass is 79.9. The Hall–Kier alpha value is -1.27. The van der Waals surface area contributed by atoms with Crippen LogP contribution in [0.1, 0.15) is 25.7 Å². The van der Waals surface area contributed by atoms with Crippen LogP contribution in [0, 0.1) is 11.8 Å². The summed E-state index contributed by atoms with van der Waals surface area (Å²) in [7, 11) is 1.84. The molecule has 1 atom stereocenters. The van der Waals surface area contributed by atoms with Gasteiger partial charge in [-0.25, -0.2) is 0 Å². The van der Waals surface area contributed by atoms with Crippen LogP contribution in [0.5, 0.6) is 0 Å². The van der Waals surface area contributed by atoms with E-state index in [2.05, 4.69) is 60.7 Å². The molecule has 2 fully saturated rings. The van der Waals surface area contributed by atoms with Gasteiger partial charge in [0.25, 0.3) is 0 Å². The summed E-state index contributed by atoms with van der Waals surface area (Å²) in [5, 5.41) is 6.86. The number of halogens is 1. The van der Waals surface area contributed by atoms with Crippen LogP contribution in [-0.4, -0.2) is 52.4 Å². The topological polar surface area (TPSA) is 48.9 Å². The van der Waals surface area contributed by atoms with Gasteiger partial charge >= 0.3 is 0 Å². The first-order valence-corrected chi connectivity index (χ1v) is 10.6. The van der Waals surface area contributed by atoms with Crippen molar-refractivity contribution < 1.29 is 4.74 Å². The van der Waals surface area contributed by atoms with Gasteiger partial charge in [0.15, 0.2) is 5.96 Å². The van der Waals surface area contributed by atoms with Gasteiger partial charge in [0.1, 0.15) is 0 Å². The van der Waals surface area contributed by atoms with Crippen LogP contribution < -0.4 is 15.5 Å². The standard InChI is InChI=1S/C20H31BrN4O/c1-22-20(23-10-2-12-26-15-16-3-4-16)24-13-17-9-11-25(14-17)19-7-5-18(21)6-8-19/h5-8,16-17H,2-4,9-15H2,1H3,(H2,22,23,24). The maximum atomic E-state index is 5.67. The van der Waals surface area contributed by atoms with E-state index in [-0.39, 0.29) is 0 Å². The molecule has 2 N–H and O–H groups in total. The molecule has 1 aromatic rings. The van der Waals surface area contributed by atoms with E-state index in [9.17, 15) is 0 Å². The molecular formula is C20H31BrN4O. The largest absolute Gasteiger partial charge is 0.381 e. The van der Waals surface area contributed by atoms with Crippen molar-refractivity contribution in [3.05, 3.63) is 28.7 Å². The SMILES string of the molecule is CN=C(NCCCOCC1CC1)NCC1CCN(c2ccc(Br)cc2)C1. The zero-order valence-electron chi connectivity index (χ0n) is 15.7. The number of nitrogens with zero attached hydrogens (tertiary/aromatic N) is 2. The van der Waals surface area contributed by atoms with Crippen LogP contribution in [0.3, 0.4) is 0 Å². The molecule has 0 bridgehead atoms. The van der Waals surface area contributed by atoms with Crippen molar-refractivity contribution in [2.24, 2.45) is 16.8 Å². The first-order valence-electron chi connectivity index (χ1n) is 9.77. The minimum Gasteiger partial charge on any atom is -0.381 e. The Morgan fingerprint density at radius 2 is 2.00 bits per heavy atom. The van der Waals surface area contributed by atoms with Crippen LogP contribution >= 0.6 is 15.9 Å². The first-order chi connectivity index (χ1) is 12.7. The van der Waals surface area contributed by atoms with E-state index in [4.69, 9.17) is 4.74 Å². The maximum absolute atomic E-state index is 5.67. The normalized spacial score (nSPS) is 20.5. The van der Waals surface area contributed by atoms with E-state index in [0.717, 1.165) is 62.2 Å². The fourth-order valence-corrected chi connectivity index (χ4v) is 3.53. The Morgan fingerprint density at radius 1 is 1.19 bits per heavy atom. The molecule has 1 unspecified atom stereocenters. The van der Waals surface area contributed by atoms with E-state index in [1.807, 2.05) is 7.05 Å². The Labute approximate surface area is 165 Å². The Kier molecular flexibility index (Phi) is 7.62. The van der Waals surface area contributed by atoms with Crippen molar-refractivity contribution in [2.45, 2.75) is 25.7 Å². The van der Waals surface area contributed by atoms with Crippen molar-refractivity contribution >= 4 is 27.6 Å². The number of rotatable bonds is 9.